The quantitative estimate of drug-likeness (QED) is 0.246. The number of aromatic hydroxyl groups is 2. The molecule has 0 radical (unpaired) electrons. The summed E-state index contributed by atoms with van der Waals surface area (Å²) >= 11 is 1.97. The largest absolute Gasteiger partial charge is 0.508 e. The molecule has 150 valence electrons. The third-order valence-corrected chi connectivity index (χ3v) is 7.42. The first-order chi connectivity index (χ1) is 14.1. The van der Waals surface area contributed by atoms with Gasteiger partial charge in [-0.15, -0.1) is 0 Å². The molecular formula is C25H25IO3. The lowest BCUT2D eigenvalue weighted by molar-refractivity contribution is 0.404. The van der Waals surface area contributed by atoms with Crippen LogP contribution in [0.5, 0.6) is 11.5 Å². The highest BCUT2D eigenvalue weighted by molar-refractivity contribution is 14.1. The van der Waals surface area contributed by atoms with E-state index in [0.29, 0.717) is 11.3 Å². The van der Waals surface area contributed by atoms with Gasteiger partial charge in [-0.25, -0.2) is 0 Å². The summed E-state index contributed by atoms with van der Waals surface area (Å²) in [5.41, 5.74) is 8.97. The highest BCUT2D eigenvalue weighted by Crippen LogP contribution is 2.81. The predicted octanol–water partition coefficient (Wildman–Crippen LogP) is 6.55. The Hall–Kier alpha value is -1.79. The maximum Gasteiger partial charge on any atom is 0.115 e. The van der Waals surface area contributed by atoms with Crippen LogP contribution in [0.25, 0.3) is 5.57 Å². The maximum atomic E-state index is 9.81. The number of unbranched alkanes of at least 4 members (excludes halogenated alkanes) is 1. The van der Waals surface area contributed by atoms with E-state index >= 15 is 0 Å². The smallest absolute Gasteiger partial charge is 0.115 e. The molecule has 0 aromatic heterocycles. The Morgan fingerprint density at radius 2 is 1.59 bits per heavy atom. The monoisotopic (exact) mass is 500 g/mol. The summed E-state index contributed by atoms with van der Waals surface area (Å²) in [5.74, 6) is 1.16. The van der Waals surface area contributed by atoms with Gasteiger partial charge in [0.25, 0.3) is 0 Å². The van der Waals surface area contributed by atoms with Crippen LogP contribution in [-0.4, -0.2) is 16.8 Å². The summed E-state index contributed by atoms with van der Waals surface area (Å²) < 4.78 is 5.25. The number of hydrogen-bond acceptors (Lipinski definition) is 3. The number of phenols is 2. The summed E-state index contributed by atoms with van der Waals surface area (Å²) in [5, 5.41) is 19.6. The molecule has 2 fully saturated rings. The van der Waals surface area contributed by atoms with Gasteiger partial charge in [-0.2, -0.15) is 0 Å². The fourth-order valence-corrected chi connectivity index (χ4v) is 6.01. The Morgan fingerprint density at radius 3 is 2.07 bits per heavy atom. The number of hydrogen-bond donors (Lipinski definition) is 2. The van der Waals surface area contributed by atoms with Gasteiger partial charge in [0.1, 0.15) is 34.5 Å². The van der Waals surface area contributed by atoms with E-state index in [0.717, 1.165) is 37.0 Å². The predicted molar refractivity (Wildman–Crippen MR) is 123 cm³/mol. The zero-order valence-corrected chi connectivity index (χ0v) is 18.5. The average Bonchev–Trinajstić information content (AvgIpc) is 3.05. The minimum Gasteiger partial charge on any atom is -0.508 e. The Bertz CT molecular complexity index is 940. The first-order valence-corrected chi connectivity index (χ1v) is 11.3. The van der Waals surface area contributed by atoms with E-state index in [1.165, 1.54) is 30.4 Å². The molecule has 2 aromatic rings. The molecule has 2 N–H and O–H groups in total. The van der Waals surface area contributed by atoms with Crippen LogP contribution >= 0.6 is 23.0 Å². The summed E-state index contributed by atoms with van der Waals surface area (Å²) in [7, 11) is 0. The van der Waals surface area contributed by atoms with E-state index in [-0.39, 0.29) is 11.5 Å². The van der Waals surface area contributed by atoms with E-state index in [2.05, 4.69) is 0 Å². The minimum atomic E-state index is 0.286. The Morgan fingerprint density at radius 1 is 0.966 bits per heavy atom. The standard InChI is InChI=1S/C25H25IO3/c26-29-14-2-1-3-21(24-23-18-12-13-25(23,24)15-18)22(16-4-8-19(27)9-5-16)17-6-10-20(28)11-7-17/h4-11,24,27-28H,1-3,12-15H2. The number of allylic oxidation sites excluding steroid dienone is 3. The van der Waals surface area contributed by atoms with Gasteiger partial charge >= 0.3 is 0 Å². The highest BCUT2D eigenvalue weighted by Gasteiger charge is 2.71. The van der Waals surface area contributed by atoms with Gasteiger partial charge in [-0.05, 0) is 79.5 Å². The van der Waals surface area contributed by atoms with Crippen molar-refractivity contribution in [3.8, 4) is 11.5 Å². The van der Waals surface area contributed by atoms with Gasteiger partial charge in [0.05, 0.1) is 6.61 Å². The van der Waals surface area contributed by atoms with Crippen molar-refractivity contribution >= 4 is 28.6 Å². The molecule has 1 spiro atoms. The molecule has 0 amide bonds. The molecule has 0 saturated heterocycles. The van der Waals surface area contributed by atoms with E-state index in [1.54, 1.807) is 35.4 Å². The van der Waals surface area contributed by atoms with Gasteiger partial charge in [-0.1, -0.05) is 41.0 Å². The topological polar surface area (TPSA) is 49.7 Å². The van der Waals surface area contributed by atoms with Crippen LogP contribution in [0, 0.1) is 11.3 Å². The van der Waals surface area contributed by atoms with Crippen molar-refractivity contribution in [3.63, 3.8) is 0 Å². The van der Waals surface area contributed by atoms with Crippen molar-refractivity contribution in [2.24, 2.45) is 11.3 Å². The van der Waals surface area contributed by atoms with Crippen molar-refractivity contribution in [2.45, 2.75) is 38.5 Å². The molecule has 0 heterocycles. The van der Waals surface area contributed by atoms with Crippen LogP contribution in [-0.2, 0) is 3.07 Å². The molecule has 4 aliphatic rings. The van der Waals surface area contributed by atoms with Gasteiger partial charge in [0.2, 0.25) is 0 Å². The fourth-order valence-electron chi connectivity index (χ4n) is 5.69. The summed E-state index contributed by atoms with van der Waals surface area (Å²) in [6, 6.07) is 15.1. The van der Waals surface area contributed by atoms with Crippen LogP contribution in [0.1, 0.15) is 49.7 Å². The summed E-state index contributed by atoms with van der Waals surface area (Å²) in [6.07, 6.45) is 7.13. The summed E-state index contributed by atoms with van der Waals surface area (Å²) in [4.78, 5) is 0. The number of fused-ring (bicyclic) bond motifs is 1. The molecule has 2 saturated carbocycles. The number of phenolic OH excluding ortho intramolecular Hbond substituents is 2. The van der Waals surface area contributed by atoms with Crippen LogP contribution in [0.2, 0.25) is 0 Å². The van der Waals surface area contributed by atoms with Gasteiger partial charge < -0.3 is 13.3 Å². The third kappa shape index (κ3) is 3.21. The Balaban J connectivity index is 1.61. The SMILES string of the molecule is Oc1ccc(C(=C(CCCCOI)C2C3=C4CCC32C4)c2ccc(O)cc2)cc1. The zero-order chi connectivity index (χ0) is 20.0. The molecule has 2 unspecified atom stereocenters. The van der Waals surface area contributed by atoms with Crippen molar-refractivity contribution in [2.75, 3.05) is 6.61 Å². The average molecular weight is 500 g/mol. The number of rotatable bonds is 8. The molecule has 6 rings (SSSR count). The molecule has 29 heavy (non-hydrogen) atoms. The first kappa shape index (κ1) is 19.2. The van der Waals surface area contributed by atoms with Crippen molar-refractivity contribution in [1.82, 2.24) is 0 Å². The molecule has 4 aliphatic carbocycles. The van der Waals surface area contributed by atoms with E-state index in [4.69, 9.17) is 3.07 Å². The Kier molecular flexibility index (Phi) is 4.95. The van der Waals surface area contributed by atoms with Crippen LogP contribution in [0.15, 0.2) is 65.3 Å². The molecule has 3 nitrogen and oxygen atoms in total. The van der Waals surface area contributed by atoms with Crippen molar-refractivity contribution < 1.29 is 13.3 Å². The van der Waals surface area contributed by atoms with Crippen LogP contribution in [0.3, 0.4) is 0 Å². The zero-order valence-electron chi connectivity index (χ0n) is 16.3. The van der Waals surface area contributed by atoms with Crippen molar-refractivity contribution in [1.29, 1.82) is 0 Å². The lowest BCUT2D eigenvalue weighted by Gasteiger charge is -2.19. The van der Waals surface area contributed by atoms with E-state index in [1.807, 2.05) is 47.3 Å². The highest BCUT2D eigenvalue weighted by atomic mass is 127. The second kappa shape index (κ2) is 7.47. The lowest BCUT2D eigenvalue weighted by atomic mass is 9.85. The normalized spacial score (nSPS) is 23.6. The van der Waals surface area contributed by atoms with Crippen LogP contribution in [0.4, 0.5) is 0 Å². The van der Waals surface area contributed by atoms with E-state index in [9.17, 15) is 10.2 Å². The molecule has 0 aliphatic heterocycles. The van der Waals surface area contributed by atoms with Crippen LogP contribution < -0.4 is 0 Å². The van der Waals surface area contributed by atoms with E-state index < -0.39 is 0 Å². The van der Waals surface area contributed by atoms with Gasteiger partial charge in [0, 0.05) is 11.3 Å². The number of halogens is 1. The molecular weight excluding hydrogens is 475 g/mol. The molecule has 2 aromatic carbocycles. The van der Waals surface area contributed by atoms with Gasteiger partial charge in [-0.3, -0.25) is 0 Å². The van der Waals surface area contributed by atoms with Gasteiger partial charge in [0.15, 0.2) is 0 Å². The number of benzene rings is 2. The second-order valence-corrected chi connectivity index (χ2v) is 9.17. The maximum absolute atomic E-state index is 9.81. The summed E-state index contributed by atoms with van der Waals surface area (Å²) in [6.45, 7) is 0.783. The molecule has 4 heteroatoms. The fraction of sp³-hybridized carbons (Fsp3) is 0.360. The van der Waals surface area contributed by atoms with Crippen molar-refractivity contribution in [3.05, 3.63) is 76.4 Å². The lowest BCUT2D eigenvalue weighted by Crippen LogP contribution is -2.05. The third-order valence-electron chi connectivity index (χ3n) is 6.98. The second-order valence-electron chi connectivity index (χ2n) is 8.55. The molecule has 2 atom stereocenters. The Labute approximate surface area is 185 Å². The minimum absolute atomic E-state index is 0.286. The molecule has 2 bridgehead atoms. The first-order valence-electron chi connectivity index (χ1n) is 10.4.